The van der Waals surface area contributed by atoms with Gasteiger partial charge in [-0.25, -0.2) is 4.52 Å². The van der Waals surface area contributed by atoms with Crippen LogP contribution in [0.2, 0.25) is 0 Å². The number of nitrogens with zero attached hydrogens (tertiary/aromatic N) is 3. The second-order valence-electron chi connectivity index (χ2n) is 12.4. The minimum atomic E-state index is 0.957. The Kier molecular flexibility index (Phi) is 7.49. The molecule has 2 aromatic heterocycles. The fraction of sp³-hybridized carbons (Fsp3) is 0. The van der Waals surface area contributed by atoms with Gasteiger partial charge in [0.05, 0.1) is 16.9 Å². The quantitative estimate of drug-likeness (QED) is 0.173. The fourth-order valence-corrected chi connectivity index (χ4v) is 7.09. The first-order chi connectivity index (χ1) is 24.8. The van der Waals surface area contributed by atoms with Gasteiger partial charge < -0.3 is 4.90 Å². The number of fused-ring (bicyclic) bond motifs is 3. The first-order valence-electron chi connectivity index (χ1n) is 17.0. The minimum absolute atomic E-state index is 0.957. The molecule has 0 unspecified atom stereocenters. The molecule has 2 heterocycles. The van der Waals surface area contributed by atoms with Crippen molar-refractivity contribution in [3.63, 3.8) is 0 Å². The first-order valence-corrected chi connectivity index (χ1v) is 17.0. The average molecular weight is 640 g/mol. The maximum absolute atomic E-state index is 5.46. The van der Waals surface area contributed by atoms with Crippen molar-refractivity contribution in [3.05, 3.63) is 200 Å². The third-order valence-electron chi connectivity index (χ3n) is 9.36. The molecule has 236 valence electrons. The number of anilines is 3. The second-order valence-corrected chi connectivity index (χ2v) is 12.4. The van der Waals surface area contributed by atoms with Gasteiger partial charge in [0.2, 0.25) is 0 Å². The number of benzene rings is 7. The van der Waals surface area contributed by atoms with Gasteiger partial charge in [0.25, 0.3) is 0 Å². The van der Waals surface area contributed by atoms with Crippen LogP contribution < -0.4 is 4.90 Å². The van der Waals surface area contributed by atoms with E-state index in [1.165, 1.54) is 0 Å². The van der Waals surface area contributed by atoms with Crippen molar-refractivity contribution in [3.8, 4) is 44.8 Å². The summed E-state index contributed by atoms with van der Waals surface area (Å²) in [6, 6.07) is 70.9. The number of aromatic nitrogens is 2. The molecule has 0 aliphatic carbocycles. The Morgan fingerprint density at radius 1 is 0.420 bits per heavy atom. The van der Waals surface area contributed by atoms with Gasteiger partial charge in [0.1, 0.15) is 5.69 Å². The number of rotatable bonds is 7. The molecular weight excluding hydrogens is 607 g/mol. The van der Waals surface area contributed by atoms with Crippen molar-refractivity contribution in [1.82, 2.24) is 9.61 Å². The molecular formula is C47H33N3. The summed E-state index contributed by atoms with van der Waals surface area (Å²) in [5.74, 6) is 0. The predicted octanol–water partition coefficient (Wildman–Crippen LogP) is 12.6. The molecule has 3 nitrogen and oxygen atoms in total. The van der Waals surface area contributed by atoms with Gasteiger partial charge in [-0.1, -0.05) is 158 Å². The summed E-state index contributed by atoms with van der Waals surface area (Å²) >= 11 is 0. The summed E-state index contributed by atoms with van der Waals surface area (Å²) in [5, 5.41) is 7.74. The lowest BCUT2D eigenvalue weighted by Gasteiger charge is -2.28. The van der Waals surface area contributed by atoms with Crippen LogP contribution in [0.3, 0.4) is 0 Å². The van der Waals surface area contributed by atoms with Crippen LogP contribution in [0.15, 0.2) is 200 Å². The number of hydrogen-bond acceptors (Lipinski definition) is 2. The first kappa shape index (κ1) is 29.4. The van der Waals surface area contributed by atoms with Crippen molar-refractivity contribution in [2.45, 2.75) is 0 Å². The molecule has 7 aromatic carbocycles. The minimum Gasteiger partial charge on any atom is -0.310 e. The lowest BCUT2D eigenvalue weighted by molar-refractivity contribution is 0.979. The van der Waals surface area contributed by atoms with E-state index in [0.29, 0.717) is 0 Å². The van der Waals surface area contributed by atoms with Gasteiger partial charge in [0, 0.05) is 39.0 Å². The molecule has 0 aliphatic rings. The van der Waals surface area contributed by atoms with Gasteiger partial charge in [0.15, 0.2) is 0 Å². The zero-order valence-electron chi connectivity index (χ0n) is 27.4. The Hall–Kier alpha value is -6.71. The van der Waals surface area contributed by atoms with E-state index in [1.807, 2.05) is 0 Å². The van der Waals surface area contributed by atoms with Crippen molar-refractivity contribution in [1.29, 1.82) is 0 Å². The van der Waals surface area contributed by atoms with Crippen LogP contribution in [0.25, 0.3) is 61.1 Å². The average Bonchev–Trinajstić information content (AvgIpc) is 3.61. The van der Waals surface area contributed by atoms with Crippen LogP contribution in [0, 0.1) is 0 Å². The lowest BCUT2D eigenvalue weighted by Crippen LogP contribution is -2.11. The Bertz CT molecular complexity index is 2510. The molecule has 3 heteroatoms. The van der Waals surface area contributed by atoms with Gasteiger partial charge in [-0.05, 0) is 59.0 Å². The van der Waals surface area contributed by atoms with E-state index in [9.17, 15) is 0 Å². The van der Waals surface area contributed by atoms with Crippen molar-refractivity contribution in [2.75, 3.05) is 4.90 Å². The third-order valence-corrected chi connectivity index (χ3v) is 9.36. The van der Waals surface area contributed by atoms with Crippen LogP contribution in [-0.4, -0.2) is 9.61 Å². The standard InChI is InChI=1S/C47H33N3/c1-7-19-34(20-8-1)41-31-38-32-43(35-21-9-2-10-22-35)50-47(45(36-23-11-3-12-24-36)46(48-50)37-25-13-4-14-26-37)42(38)33-44(41)49(39-27-15-5-16-28-39)40-29-17-6-18-30-40/h1-33H. The molecule has 0 saturated carbocycles. The second kappa shape index (κ2) is 12.7. The zero-order chi connectivity index (χ0) is 33.3. The van der Waals surface area contributed by atoms with E-state index >= 15 is 0 Å². The summed E-state index contributed by atoms with van der Waals surface area (Å²) in [4.78, 5) is 2.38. The molecule has 0 radical (unpaired) electrons. The van der Waals surface area contributed by atoms with E-state index in [2.05, 4.69) is 210 Å². The Balaban J connectivity index is 1.47. The van der Waals surface area contributed by atoms with Crippen LogP contribution in [0.5, 0.6) is 0 Å². The summed E-state index contributed by atoms with van der Waals surface area (Å²) in [7, 11) is 0. The molecule has 9 rings (SSSR count). The third kappa shape index (κ3) is 5.22. The van der Waals surface area contributed by atoms with Crippen molar-refractivity contribution < 1.29 is 0 Å². The SMILES string of the molecule is c1ccc(-c2cc3cc(-c4ccccc4)n4nc(-c5ccccc5)c(-c5ccccc5)c4c3cc2N(c2ccccc2)c2ccccc2)cc1. The molecule has 0 spiro atoms. The molecule has 0 N–H and O–H groups in total. The van der Waals surface area contributed by atoms with Crippen LogP contribution in [-0.2, 0) is 0 Å². The molecule has 0 atom stereocenters. The Morgan fingerprint density at radius 3 is 1.42 bits per heavy atom. The van der Waals surface area contributed by atoms with Crippen LogP contribution in [0.1, 0.15) is 0 Å². The molecule has 0 saturated heterocycles. The van der Waals surface area contributed by atoms with Crippen LogP contribution in [0.4, 0.5) is 17.1 Å². The summed E-state index contributed by atoms with van der Waals surface area (Å²) in [6.45, 7) is 0. The highest BCUT2D eigenvalue weighted by molar-refractivity contribution is 6.12. The normalized spacial score (nSPS) is 11.2. The maximum Gasteiger partial charge on any atom is 0.101 e. The molecule has 50 heavy (non-hydrogen) atoms. The summed E-state index contributed by atoms with van der Waals surface area (Å²) in [5.41, 5.74) is 13.1. The Labute approximate surface area is 292 Å². The Morgan fingerprint density at radius 2 is 0.880 bits per heavy atom. The number of para-hydroxylation sites is 2. The number of pyridine rings is 1. The highest BCUT2D eigenvalue weighted by Gasteiger charge is 2.24. The molecule has 9 aromatic rings. The number of hydrogen-bond donors (Lipinski definition) is 0. The molecule has 0 fully saturated rings. The monoisotopic (exact) mass is 639 g/mol. The van der Waals surface area contributed by atoms with Gasteiger partial charge >= 0.3 is 0 Å². The molecule has 0 aliphatic heterocycles. The van der Waals surface area contributed by atoms with E-state index in [4.69, 9.17) is 5.10 Å². The predicted molar refractivity (Wildman–Crippen MR) is 209 cm³/mol. The fourth-order valence-electron chi connectivity index (χ4n) is 7.09. The van der Waals surface area contributed by atoms with E-state index in [0.717, 1.165) is 78.1 Å². The van der Waals surface area contributed by atoms with Gasteiger partial charge in [-0.2, -0.15) is 5.10 Å². The van der Waals surface area contributed by atoms with Gasteiger partial charge in [-0.15, -0.1) is 0 Å². The van der Waals surface area contributed by atoms with E-state index in [1.54, 1.807) is 0 Å². The molecule has 0 amide bonds. The zero-order valence-corrected chi connectivity index (χ0v) is 27.4. The summed E-state index contributed by atoms with van der Waals surface area (Å²) < 4.78 is 2.17. The van der Waals surface area contributed by atoms with Crippen molar-refractivity contribution >= 4 is 33.4 Å². The van der Waals surface area contributed by atoms with Crippen LogP contribution >= 0.6 is 0 Å². The maximum atomic E-state index is 5.46. The highest BCUT2D eigenvalue weighted by Crippen LogP contribution is 2.47. The summed E-state index contributed by atoms with van der Waals surface area (Å²) in [6.07, 6.45) is 0. The van der Waals surface area contributed by atoms with E-state index < -0.39 is 0 Å². The molecule has 0 bridgehead atoms. The van der Waals surface area contributed by atoms with E-state index in [-0.39, 0.29) is 0 Å². The largest absolute Gasteiger partial charge is 0.310 e. The highest BCUT2D eigenvalue weighted by atomic mass is 15.2. The smallest absolute Gasteiger partial charge is 0.101 e. The lowest BCUT2D eigenvalue weighted by atomic mass is 9.93. The topological polar surface area (TPSA) is 20.5 Å². The van der Waals surface area contributed by atoms with Gasteiger partial charge in [-0.3, -0.25) is 0 Å². The van der Waals surface area contributed by atoms with Crippen molar-refractivity contribution in [2.24, 2.45) is 0 Å².